The smallest absolute Gasteiger partial charge is 0.255 e. The molecule has 0 atom stereocenters. The van der Waals surface area contributed by atoms with E-state index >= 15 is 0 Å². The maximum atomic E-state index is 10.8. The van der Waals surface area contributed by atoms with Gasteiger partial charge in [-0.3, -0.25) is 9.69 Å². The molecule has 0 bridgehead atoms. The third kappa shape index (κ3) is 6.11. The fourth-order valence-electron chi connectivity index (χ4n) is 3.17. The Hall–Kier alpha value is -1.63. The van der Waals surface area contributed by atoms with Crippen molar-refractivity contribution in [2.75, 3.05) is 39.9 Å². The number of ether oxygens (including phenoxy) is 1. The lowest BCUT2D eigenvalue weighted by molar-refractivity contribution is -0.119. The van der Waals surface area contributed by atoms with Crippen LogP contribution in [0.5, 0.6) is 5.75 Å². The molecule has 1 aliphatic rings. The standard InChI is InChI=1S/C18H29N3O3/c1-20(8-3-11-22)16-6-9-21(10-7-16)13-15-4-2-5-17(12-15)24-14-18(19)23/h2,4-5,12,16,22H,3,6-11,13-14H2,1H3,(H2,19,23). The van der Waals surface area contributed by atoms with E-state index in [0.717, 1.165) is 45.4 Å². The van der Waals surface area contributed by atoms with E-state index in [1.807, 2.05) is 18.2 Å². The van der Waals surface area contributed by atoms with Gasteiger partial charge in [0.15, 0.2) is 6.61 Å². The number of amides is 1. The van der Waals surface area contributed by atoms with E-state index in [1.165, 1.54) is 5.56 Å². The molecule has 0 aromatic heterocycles. The van der Waals surface area contributed by atoms with E-state index in [0.29, 0.717) is 11.8 Å². The molecule has 24 heavy (non-hydrogen) atoms. The number of piperidine rings is 1. The number of carbonyl (C=O) groups excluding carboxylic acids is 1. The Labute approximate surface area is 144 Å². The van der Waals surface area contributed by atoms with Crippen molar-refractivity contribution in [1.82, 2.24) is 9.80 Å². The van der Waals surface area contributed by atoms with Gasteiger partial charge in [-0.15, -0.1) is 0 Å². The van der Waals surface area contributed by atoms with Crippen molar-refractivity contribution < 1.29 is 14.6 Å². The van der Waals surface area contributed by atoms with Crippen LogP contribution in [0.2, 0.25) is 0 Å². The second-order valence-corrected chi connectivity index (χ2v) is 6.47. The Kier molecular flexibility index (Phi) is 7.49. The van der Waals surface area contributed by atoms with Crippen LogP contribution < -0.4 is 10.5 Å². The maximum Gasteiger partial charge on any atom is 0.255 e. The summed E-state index contributed by atoms with van der Waals surface area (Å²) in [6, 6.07) is 8.45. The summed E-state index contributed by atoms with van der Waals surface area (Å²) in [5.41, 5.74) is 6.29. The molecule has 1 fully saturated rings. The van der Waals surface area contributed by atoms with Crippen LogP contribution in [-0.2, 0) is 11.3 Å². The first-order valence-electron chi connectivity index (χ1n) is 8.62. The molecule has 6 nitrogen and oxygen atoms in total. The maximum absolute atomic E-state index is 10.8. The van der Waals surface area contributed by atoms with Crippen LogP contribution in [-0.4, -0.2) is 66.8 Å². The van der Waals surface area contributed by atoms with Gasteiger partial charge in [0.2, 0.25) is 0 Å². The minimum Gasteiger partial charge on any atom is -0.484 e. The van der Waals surface area contributed by atoms with Crippen molar-refractivity contribution in [2.24, 2.45) is 5.73 Å². The first kappa shape index (κ1) is 18.7. The van der Waals surface area contributed by atoms with Gasteiger partial charge in [0.25, 0.3) is 5.91 Å². The Morgan fingerprint density at radius 2 is 2.17 bits per heavy atom. The SMILES string of the molecule is CN(CCCO)C1CCN(Cc2cccc(OCC(N)=O)c2)CC1. The highest BCUT2D eigenvalue weighted by molar-refractivity contribution is 5.75. The summed E-state index contributed by atoms with van der Waals surface area (Å²) in [6.45, 7) is 4.16. The predicted octanol–water partition coefficient (Wildman–Crippen LogP) is 0.829. The van der Waals surface area contributed by atoms with Crippen molar-refractivity contribution >= 4 is 5.91 Å². The van der Waals surface area contributed by atoms with E-state index in [-0.39, 0.29) is 13.2 Å². The highest BCUT2D eigenvalue weighted by Gasteiger charge is 2.22. The molecule has 1 saturated heterocycles. The lowest BCUT2D eigenvalue weighted by Gasteiger charge is -2.36. The van der Waals surface area contributed by atoms with Crippen molar-refractivity contribution in [3.63, 3.8) is 0 Å². The number of likely N-dealkylation sites (tertiary alicyclic amines) is 1. The topological polar surface area (TPSA) is 79.0 Å². The number of nitrogens with zero attached hydrogens (tertiary/aromatic N) is 2. The van der Waals surface area contributed by atoms with Crippen LogP contribution in [0, 0.1) is 0 Å². The van der Waals surface area contributed by atoms with Crippen LogP contribution in [0.4, 0.5) is 0 Å². The first-order valence-corrected chi connectivity index (χ1v) is 8.62. The molecule has 0 spiro atoms. The van der Waals surface area contributed by atoms with Crippen LogP contribution >= 0.6 is 0 Å². The molecule has 1 heterocycles. The molecule has 1 aliphatic heterocycles. The average Bonchev–Trinajstić information content (AvgIpc) is 2.59. The number of aliphatic hydroxyl groups is 1. The van der Waals surface area contributed by atoms with Gasteiger partial charge in [-0.05, 0) is 57.1 Å². The highest BCUT2D eigenvalue weighted by Crippen LogP contribution is 2.20. The summed E-state index contributed by atoms with van der Waals surface area (Å²) < 4.78 is 5.36. The zero-order valence-corrected chi connectivity index (χ0v) is 14.5. The molecule has 6 heteroatoms. The van der Waals surface area contributed by atoms with Crippen LogP contribution in [0.1, 0.15) is 24.8 Å². The Bertz CT molecular complexity index is 516. The number of nitrogens with two attached hydrogens (primary N) is 1. The average molecular weight is 335 g/mol. The van der Waals surface area contributed by atoms with Crippen molar-refractivity contribution in [3.05, 3.63) is 29.8 Å². The third-order valence-electron chi connectivity index (χ3n) is 4.54. The molecule has 134 valence electrons. The van der Waals surface area contributed by atoms with Crippen LogP contribution in [0.15, 0.2) is 24.3 Å². The monoisotopic (exact) mass is 335 g/mol. The predicted molar refractivity (Wildman–Crippen MR) is 93.8 cm³/mol. The summed E-state index contributed by atoms with van der Waals surface area (Å²) in [4.78, 5) is 15.6. The summed E-state index contributed by atoms with van der Waals surface area (Å²) in [5.74, 6) is 0.220. The number of carbonyl (C=O) groups is 1. The molecule has 0 radical (unpaired) electrons. The van der Waals surface area contributed by atoms with Gasteiger partial charge in [-0.1, -0.05) is 12.1 Å². The third-order valence-corrected chi connectivity index (χ3v) is 4.54. The van der Waals surface area contributed by atoms with Crippen LogP contribution in [0.3, 0.4) is 0 Å². The van der Waals surface area contributed by atoms with E-state index < -0.39 is 5.91 Å². The minimum absolute atomic E-state index is 0.0883. The minimum atomic E-state index is -0.465. The molecule has 0 aliphatic carbocycles. The molecule has 3 N–H and O–H groups in total. The number of primary amides is 1. The normalized spacial score (nSPS) is 16.5. The second-order valence-electron chi connectivity index (χ2n) is 6.47. The summed E-state index contributed by atoms with van der Waals surface area (Å²) in [6.07, 6.45) is 3.15. The first-order chi connectivity index (χ1) is 11.6. The van der Waals surface area contributed by atoms with Gasteiger partial charge in [0.05, 0.1) is 0 Å². The quantitative estimate of drug-likeness (QED) is 0.699. The van der Waals surface area contributed by atoms with Gasteiger partial charge in [0.1, 0.15) is 5.75 Å². The van der Waals surface area contributed by atoms with Gasteiger partial charge >= 0.3 is 0 Å². The van der Waals surface area contributed by atoms with Gasteiger partial charge in [-0.25, -0.2) is 0 Å². The zero-order chi connectivity index (χ0) is 17.4. The molecule has 1 aromatic carbocycles. The number of hydrogen-bond donors (Lipinski definition) is 2. The number of rotatable bonds is 9. The van der Waals surface area contributed by atoms with Crippen molar-refractivity contribution in [2.45, 2.75) is 31.8 Å². The summed E-state index contributed by atoms with van der Waals surface area (Å²) >= 11 is 0. The fraction of sp³-hybridized carbons (Fsp3) is 0.611. The Balaban J connectivity index is 1.79. The molecule has 0 unspecified atom stereocenters. The van der Waals surface area contributed by atoms with Gasteiger partial charge in [0, 0.05) is 25.7 Å². The molecule has 1 amide bonds. The summed E-state index contributed by atoms with van der Waals surface area (Å²) in [7, 11) is 2.15. The summed E-state index contributed by atoms with van der Waals surface area (Å²) in [5, 5.41) is 8.94. The molecular weight excluding hydrogens is 306 g/mol. The molecule has 2 rings (SSSR count). The number of aliphatic hydroxyl groups excluding tert-OH is 1. The van der Waals surface area contributed by atoms with E-state index in [1.54, 1.807) is 0 Å². The lowest BCUT2D eigenvalue weighted by Crippen LogP contribution is -2.43. The van der Waals surface area contributed by atoms with Crippen molar-refractivity contribution in [1.29, 1.82) is 0 Å². The largest absolute Gasteiger partial charge is 0.484 e. The molecular formula is C18H29N3O3. The zero-order valence-electron chi connectivity index (χ0n) is 14.5. The van der Waals surface area contributed by atoms with E-state index in [2.05, 4.69) is 22.9 Å². The van der Waals surface area contributed by atoms with Crippen LogP contribution in [0.25, 0.3) is 0 Å². The number of benzene rings is 1. The molecule has 1 aromatic rings. The highest BCUT2D eigenvalue weighted by atomic mass is 16.5. The Morgan fingerprint density at radius 3 is 2.83 bits per heavy atom. The van der Waals surface area contributed by atoms with Crippen molar-refractivity contribution in [3.8, 4) is 5.75 Å². The number of hydrogen-bond acceptors (Lipinski definition) is 5. The van der Waals surface area contributed by atoms with E-state index in [4.69, 9.17) is 15.6 Å². The molecule has 0 saturated carbocycles. The van der Waals surface area contributed by atoms with Gasteiger partial charge in [-0.2, -0.15) is 0 Å². The van der Waals surface area contributed by atoms with Gasteiger partial charge < -0.3 is 20.5 Å². The lowest BCUT2D eigenvalue weighted by atomic mass is 10.0. The second kappa shape index (κ2) is 9.61. The fourth-order valence-corrected chi connectivity index (χ4v) is 3.17. The van der Waals surface area contributed by atoms with E-state index in [9.17, 15) is 4.79 Å². The Morgan fingerprint density at radius 1 is 1.42 bits per heavy atom.